The minimum atomic E-state index is -0.598. The molecule has 96 valence electrons. The van der Waals surface area contributed by atoms with Crippen molar-refractivity contribution in [2.75, 3.05) is 25.1 Å². The molecular weight excluding hydrogens is 232 g/mol. The zero-order chi connectivity index (χ0) is 13.2. The second-order valence-electron chi connectivity index (χ2n) is 4.56. The van der Waals surface area contributed by atoms with Crippen molar-refractivity contribution in [3.05, 3.63) is 29.8 Å². The molecule has 3 N–H and O–H groups in total. The van der Waals surface area contributed by atoms with E-state index in [1.54, 1.807) is 24.3 Å². The maximum atomic E-state index is 12.0. The number of rotatable bonds is 4. The van der Waals surface area contributed by atoms with Gasteiger partial charge in [0.2, 0.25) is 5.91 Å². The first-order valence-electron chi connectivity index (χ1n) is 5.78. The molecule has 2 rings (SSSR count). The minimum Gasteiger partial charge on any atom is -0.379 e. The van der Waals surface area contributed by atoms with Gasteiger partial charge in [-0.15, -0.1) is 0 Å². The Bertz CT molecular complexity index is 458. The molecule has 1 fully saturated rings. The first-order valence-corrected chi connectivity index (χ1v) is 5.78. The predicted octanol–water partition coefficient (Wildman–Crippen LogP) is 0.803. The fourth-order valence-electron chi connectivity index (χ4n) is 1.74. The summed E-state index contributed by atoms with van der Waals surface area (Å²) in [7, 11) is 0. The van der Waals surface area contributed by atoms with Crippen molar-refractivity contribution in [3.63, 3.8) is 0 Å². The van der Waals surface area contributed by atoms with E-state index in [9.17, 15) is 9.59 Å². The number of Topliss-reactive ketones (excluding diaryl/α,β-unsaturated/α-hetero) is 1. The molecule has 1 saturated heterocycles. The van der Waals surface area contributed by atoms with Crippen molar-refractivity contribution in [3.8, 4) is 0 Å². The van der Waals surface area contributed by atoms with E-state index < -0.39 is 5.41 Å². The largest absolute Gasteiger partial charge is 0.379 e. The standard InChI is InChI=1S/C13H16N2O3/c1-9(16)10-2-4-11(5-3-10)15-12(17)13(6-14)7-18-8-13/h2-5H,6-8,14H2,1H3,(H,15,17). The molecule has 5 heteroatoms. The Labute approximate surface area is 105 Å². The van der Waals surface area contributed by atoms with Crippen LogP contribution in [0.4, 0.5) is 5.69 Å². The van der Waals surface area contributed by atoms with Gasteiger partial charge < -0.3 is 15.8 Å². The number of ketones is 1. The molecule has 0 saturated carbocycles. The molecule has 18 heavy (non-hydrogen) atoms. The van der Waals surface area contributed by atoms with Crippen LogP contribution in [0.3, 0.4) is 0 Å². The fourth-order valence-corrected chi connectivity index (χ4v) is 1.74. The van der Waals surface area contributed by atoms with E-state index in [-0.39, 0.29) is 18.2 Å². The first-order chi connectivity index (χ1) is 8.57. The smallest absolute Gasteiger partial charge is 0.236 e. The van der Waals surface area contributed by atoms with Crippen molar-refractivity contribution < 1.29 is 14.3 Å². The van der Waals surface area contributed by atoms with Gasteiger partial charge in [0.1, 0.15) is 5.41 Å². The van der Waals surface area contributed by atoms with Gasteiger partial charge in [0.25, 0.3) is 0 Å². The van der Waals surface area contributed by atoms with Gasteiger partial charge >= 0.3 is 0 Å². The second-order valence-corrected chi connectivity index (χ2v) is 4.56. The lowest BCUT2D eigenvalue weighted by atomic mass is 9.85. The molecule has 0 bridgehead atoms. The molecule has 1 heterocycles. The Hall–Kier alpha value is -1.72. The van der Waals surface area contributed by atoms with E-state index in [1.165, 1.54) is 6.92 Å². The third kappa shape index (κ3) is 2.27. The summed E-state index contributed by atoms with van der Waals surface area (Å²) < 4.78 is 5.05. The van der Waals surface area contributed by atoms with Crippen LogP contribution in [0.2, 0.25) is 0 Å². The average molecular weight is 248 g/mol. The highest BCUT2D eigenvalue weighted by molar-refractivity contribution is 5.97. The maximum Gasteiger partial charge on any atom is 0.236 e. The normalized spacial score (nSPS) is 16.8. The van der Waals surface area contributed by atoms with Crippen molar-refractivity contribution in [1.82, 2.24) is 0 Å². The summed E-state index contributed by atoms with van der Waals surface area (Å²) in [6.45, 7) is 2.49. The van der Waals surface area contributed by atoms with Gasteiger partial charge in [0.05, 0.1) is 13.2 Å². The zero-order valence-corrected chi connectivity index (χ0v) is 10.2. The van der Waals surface area contributed by atoms with Crippen LogP contribution < -0.4 is 11.1 Å². The molecule has 1 aromatic rings. The number of hydrogen-bond donors (Lipinski definition) is 2. The number of nitrogens with one attached hydrogen (secondary N) is 1. The molecular formula is C13H16N2O3. The number of amides is 1. The van der Waals surface area contributed by atoms with E-state index in [1.807, 2.05) is 0 Å². The topological polar surface area (TPSA) is 81.4 Å². The molecule has 0 unspecified atom stereocenters. The summed E-state index contributed by atoms with van der Waals surface area (Å²) in [4.78, 5) is 23.1. The van der Waals surface area contributed by atoms with Gasteiger partial charge in [-0.05, 0) is 31.2 Å². The Morgan fingerprint density at radius 2 is 1.94 bits per heavy atom. The van der Waals surface area contributed by atoms with Crippen LogP contribution in [-0.4, -0.2) is 31.4 Å². The van der Waals surface area contributed by atoms with Crippen LogP contribution in [0.15, 0.2) is 24.3 Å². The Kier molecular flexibility index (Phi) is 3.45. The Morgan fingerprint density at radius 3 is 2.33 bits per heavy atom. The van der Waals surface area contributed by atoms with Crippen molar-refractivity contribution in [2.45, 2.75) is 6.92 Å². The molecule has 1 aliphatic heterocycles. The number of benzene rings is 1. The van der Waals surface area contributed by atoms with E-state index >= 15 is 0 Å². The van der Waals surface area contributed by atoms with Crippen LogP contribution in [0.25, 0.3) is 0 Å². The third-order valence-corrected chi connectivity index (χ3v) is 3.18. The summed E-state index contributed by atoms with van der Waals surface area (Å²) in [5.41, 5.74) is 6.28. The van der Waals surface area contributed by atoms with Gasteiger partial charge in [-0.3, -0.25) is 9.59 Å². The maximum absolute atomic E-state index is 12.0. The quantitative estimate of drug-likeness (QED) is 0.772. The summed E-state index contributed by atoms with van der Waals surface area (Å²) in [6, 6.07) is 6.78. The number of hydrogen-bond acceptors (Lipinski definition) is 4. The highest BCUT2D eigenvalue weighted by Gasteiger charge is 2.44. The van der Waals surface area contributed by atoms with Crippen LogP contribution in [-0.2, 0) is 9.53 Å². The molecule has 0 aromatic heterocycles. The number of anilines is 1. The Balaban J connectivity index is 2.05. The average Bonchev–Trinajstić information content (AvgIpc) is 2.29. The van der Waals surface area contributed by atoms with Crippen LogP contribution in [0.5, 0.6) is 0 Å². The highest BCUT2D eigenvalue weighted by Crippen LogP contribution is 2.27. The lowest BCUT2D eigenvalue weighted by Gasteiger charge is -2.38. The number of carbonyl (C=O) groups excluding carboxylic acids is 2. The van der Waals surface area contributed by atoms with Crippen molar-refractivity contribution in [1.29, 1.82) is 0 Å². The van der Waals surface area contributed by atoms with Gasteiger partial charge in [-0.2, -0.15) is 0 Å². The van der Waals surface area contributed by atoms with E-state index in [2.05, 4.69) is 5.32 Å². The molecule has 0 radical (unpaired) electrons. The number of nitrogens with two attached hydrogens (primary N) is 1. The summed E-state index contributed by atoms with van der Waals surface area (Å²) in [5, 5.41) is 2.79. The first kappa shape index (κ1) is 12.7. The monoisotopic (exact) mass is 248 g/mol. The molecule has 0 aliphatic carbocycles. The zero-order valence-electron chi connectivity index (χ0n) is 10.2. The van der Waals surface area contributed by atoms with Gasteiger partial charge in [0, 0.05) is 17.8 Å². The van der Waals surface area contributed by atoms with Crippen LogP contribution in [0.1, 0.15) is 17.3 Å². The van der Waals surface area contributed by atoms with Crippen LogP contribution >= 0.6 is 0 Å². The molecule has 1 amide bonds. The number of carbonyl (C=O) groups is 2. The van der Waals surface area contributed by atoms with Gasteiger partial charge in [-0.1, -0.05) is 0 Å². The lowest BCUT2D eigenvalue weighted by molar-refractivity contribution is -0.153. The van der Waals surface area contributed by atoms with Crippen LogP contribution in [0, 0.1) is 5.41 Å². The van der Waals surface area contributed by atoms with E-state index in [0.717, 1.165) is 0 Å². The van der Waals surface area contributed by atoms with Gasteiger partial charge in [0.15, 0.2) is 5.78 Å². The minimum absolute atomic E-state index is 0.00121. The molecule has 1 aromatic carbocycles. The summed E-state index contributed by atoms with van der Waals surface area (Å²) in [5.74, 6) is -0.134. The fraction of sp³-hybridized carbons (Fsp3) is 0.385. The third-order valence-electron chi connectivity index (χ3n) is 3.18. The summed E-state index contributed by atoms with van der Waals surface area (Å²) in [6.07, 6.45) is 0. The van der Waals surface area contributed by atoms with Crippen molar-refractivity contribution >= 4 is 17.4 Å². The highest BCUT2D eigenvalue weighted by atomic mass is 16.5. The molecule has 5 nitrogen and oxygen atoms in total. The lowest BCUT2D eigenvalue weighted by Crippen LogP contribution is -2.56. The van der Waals surface area contributed by atoms with E-state index in [0.29, 0.717) is 24.5 Å². The van der Waals surface area contributed by atoms with E-state index in [4.69, 9.17) is 10.5 Å². The SMILES string of the molecule is CC(=O)c1ccc(NC(=O)C2(CN)COC2)cc1. The molecule has 0 atom stereocenters. The molecule has 0 spiro atoms. The predicted molar refractivity (Wildman–Crippen MR) is 67.4 cm³/mol. The van der Waals surface area contributed by atoms with Crippen molar-refractivity contribution in [2.24, 2.45) is 11.1 Å². The number of ether oxygens (including phenoxy) is 1. The second kappa shape index (κ2) is 4.88. The molecule has 1 aliphatic rings. The Morgan fingerprint density at radius 1 is 1.33 bits per heavy atom. The summed E-state index contributed by atoms with van der Waals surface area (Å²) >= 11 is 0. The van der Waals surface area contributed by atoms with Gasteiger partial charge in [-0.25, -0.2) is 0 Å².